The van der Waals surface area contributed by atoms with Gasteiger partial charge < -0.3 is 5.32 Å². The van der Waals surface area contributed by atoms with E-state index in [9.17, 15) is 4.79 Å². The summed E-state index contributed by atoms with van der Waals surface area (Å²) in [6.45, 7) is 3.00. The van der Waals surface area contributed by atoms with E-state index in [-0.39, 0.29) is 11.1 Å². The Labute approximate surface area is 130 Å². The third-order valence-corrected chi connectivity index (χ3v) is 4.46. The fourth-order valence-corrected chi connectivity index (χ4v) is 3.24. The molecule has 20 heavy (non-hydrogen) atoms. The predicted molar refractivity (Wildman–Crippen MR) is 82.3 cm³/mol. The molecule has 5 heteroatoms. The Hall–Kier alpha value is -0.800. The van der Waals surface area contributed by atoms with Gasteiger partial charge in [-0.1, -0.05) is 49.4 Å². The number of rotatable bonds is 4. The van der Waals surface area contributed by atoms with Gasteiger partial charge in [0, 0.05) is 12.7 Å². The molecule has 1 N–H and O–H groups in total. The van der Waals surface area contributed by atoms with Crippen LogP contribution in [0.4, 0.5) is 0 Å². The number of amides is 1. The van der Waals surface area contributed by atoms with E-state index in [0.717, 1.165) is 18.3 Å². The molecule has 2 atom stereocenters. The highest BCUT2D eigenvalue weighted by atomic mass is 35.5. The van der Waals surface area contributed by atoms with Gasteiger partial charge in [0.25, 0.3) is 5.91 Å². The highest BCUT2D eigenvalue weighted by Gasteiger charge is 2.19. The Kier molecular flexibility index (Phi) is 5.67. The number of halogens is 2. The molecule has 110 valence electrons. The molecule has 1 aliphatic carbocycles. The summed E-state index contributed by atoms with van der Waals surface area (Å²) in [4.78, 5) is 15.9. The van der Waals surface area contributed by atoms with Crippen molar-refractivity contribution < 1.29 is 4.79 Å². The molecular formula is C15H20Cl2N2O. The molecule has 0 bridgehead atoms. The summed E-state index contributed by atoms with van der Waals surface area (Å²) in [7, 11) is 0. The van der Waals surface area contributed by atoms with Gasteiger partial charge in [0.15, 0.2) is 0 Å². The number of hydrogen-bond donors (Lipinski definition) is 1. The van der Waals surface area contributed by atoms with E-state index < -0.39 is 0 Å². The molecule has 2 unspecified atom stereocenters. The Morgan fingerprint density at radius 3 is 3.00 bits per heavy atom. The van der Waals surface area contributed by atoms with Gasteiger partial charge in [0.2, 0.25) is 0 Å². The molecule has 0 aliphatic heterocycles. The van der Waals surface area contributed by atoms with Crippen LogP contribution in [0.25, 0.3) is 0 Å². The van der Waals surface area contributed by atoms with Crippen molar-refractivity contribution >= 4 is 29.1 Å². The molecule has 0 saturated heterocycles. The number of aromatic nitrogens is 1. The number of pyridine rings is 1. The highest BCUT2D eigenvalue weighted by Crippen LogP contribution is 2.30. The maximum Gasteiger partial charge on any atom is 0.252 e. The third-order valence-electron chi connectivity index (χ3n) is 3.95. The number of hydrogen-bond acceptors (Lipinski definition) is 2. The zero-order chi connectivity index (χ0) is 14.5. The van der Waals surface area contributed by atoms with Gasteiger partial charge in [-0.25, -0.2) is 4.98 Å². The van der Waals surface area contributed by atoms with Crippen LogP contribution in [0.3, 0.4) is 0 Å². The molecule has 0 aromatic carbocycles. The van der Waals surface area contributed by atoms with E-state index in [2.05, 4.69) is 17.2 Å². The van der Waals surface area contributed by atoms with E-state index in [1.165, 1.54) is 37.9 Å². The summed E-state index contributed by atoms with van der Waals surface area (Å²) >= 11 is 11.7. The molecule has 1 aliphatic rings. The van der Waals surface area contributed by atoms with Crippen LogP contribution in [0.1, 0.15) is 49.4 Å². The number of carbonyl (C=O) groups is 1. The standard InChI is InChI=1S/C15H20Cl2N2O/c1-10-3-2-4-11(7-10)5-6-18-15(20)12-8-14(17)19-9-13(12)16/h8-11H,2-7H2,1H3,(H,18,20). The molecule has 1 fully saturated rings. The number of carbonyl (C=O) groups excluding carboxylic acids is 1. The monoisotopic (exact) mass is 314 g/mol. The molecule has 0 spiro atoms. The summed E-state index contributed by atoms with van der Waals surface area (Å²) < 4.78 is 0. The van der Waals surface area contributed by atoms with Crippen LogP contribution in [0.2, 0.25) is 10.2 Å². The lowest BCUT2D eigenvalue weighted by Crippen LogP contribution is -2.27. The average Bonchev–Trinajstić information content (AvgIpc) is 2.41. The van der Waals surface area contributed by atoms with Crippen molar-refractivity contribution in [3.05, 3.63) is 28.0 Å². The van der Waals surface area contributed by atoms with E-state index in [1.54, 1.807) is 0 Å². The normalized spacial score (nSPS) is 22.6. The van der Waals surface area contributed by atoms with E-state index >= 15 is 0 Å². The van der Waals surface area contributed by atoms with Gasteiger partial charge >= 0.3 is 0 Å². The van der Waals surface area contributed by atoms with Gasteiger partial charge in [-0.15, -0.1) is 0 Å². The molecule has 0 radical (unpaired) electrons. The molecule has 1 heterocycles. The molecule has 2 rings (SSSR count). The lowest BCUT2D eigenvalue weighted by atomic mass is 9.81. The summed E-state index contributed by atoms with van der Waals surface area (Å²) in [5, 5.41) is 3.53. The van der Waals surface area contributed by atoms with Gasteiger partial charge in [0.1, 0.15) is 5.15 Å². The lowest BCUT2D eigenvalue weighted by molar-refractivity contribution is 0.0949. The van der Waals surface area contributed by atoms with Crippen LogP contribution in [0.5, 0.6) is 0 Å². The van der Waals surface area contributed by atoms with Crippen LogP contribution >= 0.6 is 23.2 Å². The zero-order valence-electron chi connectivity index (χ0n) is 11.7. The molecule has 3 nitrogen and oxygen atoms in total. The Morgan fingerprint density at radius 1 is 1.45 bits per heavy atom. The Balaban J connectivity index is 1.81. The van der Waals surface area contributed by atoms with Crippen molar-refractivity contribution in [3.8, 4) is 0 Å². The zero-order valence-corrected chi connectivity index (χ0v) is 13.2. The second kappa shape index (κ2) is 7.28. The summed E-state index contributed by atoms with van der Waals surface area (Å²) in [6.07, 6.45) is 7.65. The molecule has 1 saturated carbocycles. The van der Waals surface area contributed by atoms with E-state index in [1.807, 2.05) is 0 Å². The third kappa shape index (κ3) is 4.35. The Morgan fingerprint density at radius 2 is 2.25 bits per heavy atom. The first kappa shape index (κ1) is 15.6. The van der Waals surface area contributed by atoms with Crippen LogP contribution in [0.15, 0.2) is 12.3 Å². The minimum Gasteiger partial charge on any atom is -0.352 e. The van der Waals surface area contributed by atoms with Gasteiger partial charge in [0.05, 0.1) is 10.6 Å². The maximum absolute atomic E-state index is 12.0. The van der Waals surface area contributed by atoms with Crippen LogP contribution in [0, 0.1) is 11.8 Å². The first-order valence-electron chi connectivity index (χ1n) is 7.15. The van der Waals surface area contributed by atoms with Gasteiger partial charge in [-0.2, -0.15) is 0 Å². The number of nitrogens with zero attached hydrogens (tertiary/aromatic N) is 1. The predicted octanol–water partition coefficient (Wildman–Crippen LogP) is 4.33. The fourth-order valence-electron chi connectivity index (χ4n) is 2.89. The topological polar surface area (TPSA) is 42.0 Å². The molecule has 1 aromatic rings. The fraction of sp³-hybridized carbons (Fsp3) is 0.600. The summed E-state index contributed by atoms with van der Waals surface area (Å²) in [5.41, 5.74) is 0.392. The van der Waals surface area contributed by atoms with Crippen molar-refractivity contribution in [3.63, 3.8) is 0 Å². The average molecular weight is 315 g/mol. The smallest absolute Gasteiger partial charge is 0.252 e. The SMILES string of the molecule is CC1CCCC(CCNC(=O)c2cc(Cl)ncc2Cl)C1. The van der Waals surface area contributed by atoms with Gasteiger partial charge in [-0.3, -0.25) is 4.79 Å². The first-order valence-corrected chi connectivity index (χ1v) is 7.91. The van der Waals surface area contributed by atoms with Crippen molar-refractivity contribution in [1.29, 1.82) is 0 Å². The van der Waals surface area contributed by atoms with Crippen molar-refractivity contribution in [2.75, 3.05) is 6.54 Å². The van der Waals surface area contributed by atoms with Crippen LogP contribution < -0.4 is 5.32 Å². The maximum atomic E-state index is 12.0. The second-order valence-electron chi connectivity index (χ2n) is 5.67. The van der Waals surface area contributed by atoms with E-state index in [0.29, 0.717) is 17.1 Å². The lowest BCUT2D eigenvalue weighted by Gasteiger charge is -2.26. The molecular weight excluding hydrogens is 295 g/mol. The first-order chi connectivity index (χ1) is 9.56. The quantitative estimate of drug-likeness (QED) is 0.840. The van der Waals surface area contributed by atoms with Crippen molar-refractivity contribution in [2.45, 2.75) is 39.0 Å². The minimum atomic E-state index is -0.178. The number of nitrogens with one attached hydrogen (secondary N) is 1. The summed E-state index contributed by atoms with van der Waals surface area (Å²) in [5.74, 6) is 1.37. The van der Waals surface area contributed by atoms with Gasteiger partial charge in [-0.05, 0) is 30.7 Å². The largest absolute Gasteiger partial charge is 0.352 e. The molecule has 1 aromatic heterocycles. The van der Waals surface area contributed by atoms with Crippen LogP contribution in [-0.4, -0.2) is 17.4 Å². The van der Waals surface area contributed by atoms with E-state index in [4.69, 9.17) is 23.2 Å². The summed E-state index contributed by atoms with van der Waals surface area (Å²) in [6, 6.07) is 1.50. The van der Waals surface area contributed by atoms with Crippen molar-refractivity contribution in [1.82, 2.24) is 10.3 Å². The Bertz CT molecular complexity index is 479. The highest BCUT2D eigenvalue weighted by molar-refractivity contribution is 6.35. The van der Waals surface area contributed by atoms with Crippen molar-refractivity contribution in [2.24, 2.45) is 11.8 Å². The molecule has 1 amide bonds. The second-order valence-corrected chi connectivity index (χ2v) is 6.46. The van der Waals surface area contributed by atoms with Crippen LogP contribution in [-0.2, 0) is 0 Å². The minimum absolute atomic E-state index is 0.178.